The fourth-order valence-electron chi connectivity index (χ4n) is 2.80. The molecule has 0 spiro atoms. The molecule has 2 aliphatic carbocycles. The maximum absolute atomic E-state index is 2.37. The lowest BCUT2D eigenvalue weighted by Gasteiger charge is -2.22. The van der Waals surface area contributed by atoms with Crippen molar-refractivity contribution < 1.29 is 0 Å². The highest BCUT2D eigenvalue weighted by atomic mass is 14.2. The van der Waals surface area contributed by atoms with Gasteiger partial charge >= 0.3 is 0 Å². The van der Waals surface area contributed by atoms with Crippen LogP contribution in [-0.2, 0) is 12.8 Å². The molecule has 3 rings (SSSR count). The van der Waals surface area contributed by atoms with Crippen molar-refractivity contribution in [3.8, 4) is 0 Å². The van der Waals surface area contributed by atoms with E-state index in [4.69, 9.17) is 0 Å². The first-order valence-electron chi connectivity index (χ1n) is 5.84. The van der Waals surface area contributed by atoms with Crippen LogP contribution < -0.4 is 0 Å². The Hall–Kier alpha value is -1.30. The summed E-state index contributed by atoms with van der Waals surface area (Å²) in [5, 5.41) is 0. The predicted octanol–water partition coefficient (Wildman–Crippen LogP) is 4.00. The summed E-state index contributed by atoms with van der Waals surface area (Å²) in [5.74, 6) is 0. The first-order valence-corrected chi connectivity index (χ1v) is 5.84. The molecule has 0 aromatic heterocycles. The van der Waals surface area contributed by atoms with Gasteiger partial charge in [0.25, 0.3) is 0 Å². The van der Waals surface area contributed by atoms with Gasteiger partial charge in [-0.2, -0.15) is 0 Å². The smallest absolute Gasteiger partial charge is 0.0195 e. The van der Waals surface area contributed by atoms with Crippen LogP contribution in [0.4, 0.5) is 0 Å². The monoisotopic (exact) mass is 196 g/mol. The van der Waals surface area contributed by atoms with Crippen molar-refractivity contribution in [2.75, 3.05) is 0 Å². The predicted molar refractivity (Wildman–Crippen MR) is 65.8 cm³/mol. The molecule has 0 heteroatoms. The first-order chi connectivity index (χ1) is 7.36. The second-order valence-corrected chi connectivity index (χ2v) is 4.53. The highest BCUT2D eigenvalue weighted by molar-refractivity contribution is 5.73. The van der Waals surface area contributed by atoms with E-state index in [1.165, 1.54) is 42.4 Å². The molecular weight excluding hydrogens is 180 g/mol. The third-order valence-electron chi connectivity index (χ3n) is 3.60. The second kappa shape index (κ2) is 3.37. The average Bonchev–Trinajstić information content (AvgIpc) is 2.29. The van der Waals surface area contributed by atoms with Gasteiger partial charge in [0.15, 0.2) is 0 Å². The fourth-order valence-corrected chi connectivity index (χ4v) is 2.80. The average molecular weight is 196 g/mol. The van der Waals surface area contributed by atoms with Gasteiger partial charge in [-0.05, 0) is 60.4 Å². The van der Waals surface area contributed by atoms with E-state index >= 15 is 0 Å². The summed E-state index contributed by atoms with van der Waals surface area (Å²) < 4.78 is 0. The zero-order chi connectivity index (χ0) is 10.3. The molecular formula is C15H16. The van der Waals surface area contributed by atoms with Crippen LogP contribution in [0.15, 0.2) is 24.3 Å². The van der Waals surface area contributed by atoms with Crippen LogP contribution in [0.5, 0.6) is 0 Å². The van der Waals surface area contributed by atoms with Crippen molar-refractivity contribution in [3.63, 3.8) is 0 Å². The van der Waals surface area contributed by atoms with Crippen molar-refractivity contribution in [1.29, 1.82) is 0 Å². The number of hydrogen-bond donors (Lipinski definition) is 0. The van der Waals surface area contributed by atoms with Crippen molar-refractivity contribution >= 4 is 11.6 Å². The maximum Gasteiger partial charge on any atom is -0.0195 e. The van der Waals surface area contributed by atoms with Crippen LogP contribution in [0.25, 0.3) is 11.6 Å². The zero-order valence-electron chi connectivity index (χ0n) is 9.22. The Labute approximate surface area is 91.3 Å². The summed E-state index contributed by atoms with van der Waals surface area (Å²) in [6.07, 6.45) is 11.9. The molecule has 76 valence electrons. The minimum absolute atomic E-state index is 1.21. The molecule has 0 fully saturated rings. The van der Waals surface area contributed by atoms with E-state index in [-0.39, 0.29) is 0 Å². The molecule has 0 radical (unpaired) electrons. The van der Waals surface area contributed by atoms with Crippen molar-refractivity contribution in [1.82, 2.24) is 0 Å². The van der Waals surface area contributed by atoms with Crippen LogP contribution in [0.2, 0.25) is 0 Å². The molecule has 15 heavy (non-hydrogen) atoms. The minimum Gasteiger partial charge on any atom is -0.0836 e. The van der Waals surface area contributed by atoms with E-state index in [1.807, 2.05) is 0 Å². The van der Waals surface area contributed by atoms with Crippen LogP contribution in [0.3, 0.4) is 0 Å². The largest absolute Gasteiger partial charge is 0.0836 e. The Balaban J connectivity index is 2.24. The lowest BCUT2D eigenvalue weighted by molar-refractivity contribution is 0.901. The number of rotatable bonds is 0. The molecule has 0 amide bonds. The summed E-state index contributed by atoms with van der Waals surface area (Å²) in [4.78, 5) is 0. The molecule has 2 aliphatic rings. The summed E-state index contributed by atoms with van der Waals surface area (Å²) in [7, 11) is 0. The Kier molecular flexibility index (Phi) is 2.02. The Morgan fingerprint density at radius 1 is 1.00 bits per heavy atom. The third-order valence-corrected chi connectivity index (χ3v) is 3.60. The highest BCUT2D eigenvalue weighted by Gasteiger charge is 2.16. The molecule has 1 aromatic rings. The second-order valence-electron chi connectivity index (χ2n) is 4.53. The highest BCUT2D eigenvalue weighted by Crippen LogP contribution is 2.33. The van der Waals surface area contributed by atoms with E-state index in [1.54, 1.807) is 11.1 Å². The molecule has 1 aromatic carbocycles. The van der Waals surface area contributed by atoms with Crippen LogP contribution in [0, 0.1) is 0 Å². The van der Waals surface area contributed by atoms with Crippen LogP contribution in [-0.4, -0.2) is 0 Å². The molecule has 0 heterocycles. The number of benzene rings is 1. The summed E-state index contributed by atoms with van der Waals surface area (Å²) in [5.41, 5.74) is 7.65. The van der Waals surface area contributed by atoms with Crippen molar-refractivity contribution in [2.45, 2.75) is 32.6 Å². The third kappa shape index (κ3) is 1.36. The molecule has 0 aliphatic heterocycles. The van der Waals surface area contributed by atoms with E-state index in [9.17, 15) is 0 Å². The lowest BCUT2D eigenvalue weighted by atomic mass is 9.83. The minimum atomic E-state index is 1.21. The Morgan fingerprint density at radius 3 is 2.80 bits per heavy atom. The summed E-state index contributed by atoms with van der Waals surface area (Å²) >= 11 is 0. The van der Waals surface area contributed by atoms with Gasteiger partial charge in [-0.1, -0.05) is 30.4 Å². The van der Waals surface area contributed by atoms with E-state index in [2.05, 4.69) is 37.3 Å². The topological polar surface area (TPSA) is 0 Å². The van der Waals surface area contributed by atoms with E-state index < -0.39 is 0 Å². The van der Waals surface area contributed by atoms with E-state index in [0.29, 0.717) is 0 Å². The van der Waals surface area contributed by atoms with Gasteiger partial charge in [-0.25, -0.2) is 0 Å². The zero-order valence-corrected chi connectivity index (χ0v) is 9.22. The lowest BCUT2D eigenvalue weighted by Crippen LogP contribution is -2.06. The quantitative estimate of drug-likeness (QED) is 0.588. The SMILES string of the molecule is CC1=CCCc2c1ccc1c2CCC=C1. The van der Waals surface area contributed by atoms with Gasteiger partial charge < -0.3 is 0 Å². The number of hydrogen-bond acceptors (Lipinski definition) is 0. The van der Waals surface area contributed by atoms with Gasteiger partial charge in [0.2, 0.25) is 0 Å². The van der Waals surface area contributed by atoms with Gasteiger partial charge in [0.05, 0.1) is 0 Å². The number of fused-ring (bicyclic) bond motifs is 3. The normalized spacial score (nSPS) is 18.1. The van der Waals surface area contributed by atoms with Gasteiger partial charge in [0.1, 0.15) is 0 Å². The Morgan fingerprint density at radius 2 is 1.87 bits per heavy atom. The molecule has 0 nitrogen and oxygen atoms in total. The molecule has 0 unspecified atom stereocenters. The van der Waals surface area contributed by atoms with Crippen molar-refractivity contribution in [2.24, 2.45) is 0 Å². The summed E-state index contributed by atoms with van der Waals surface area (Å²) in [6.45, 7) is 2.24. The first kappa shape index (κ1) is 8.96. The van der Waals surface area contributed by atoms with Crippen LogP contribution in [0.1, 0.15) is 42.0 Å². The maximum atomic E-state index is 2.37. The fraction of sp³-hybridized carbons (Fsp3) is 0.333. The summed E-state index contributed by atoms with van der Waals surface area (Å²) in [6, 6.07) is 4.58. The molecule has 0 N–H and O–H groups in total. The van der Waals surface area contributed by atoms with Gasteiger partial charge in [0, 0.05) is 0 Å². The Bertz CT molecular complexity index is 461. The molecule has 0 saturated heterocycles. The van der Waals surface area contributed by atoms with Crippen LogP contribution >= 0.6 is 0 Å². The van der Waals surface area contributed by atoms with Gasteiger partial charge in [-0.3, -0.25) is 0 Å². The van der Waals surface area contributed by atoms with E-state index in [0.717, 1.165) is 0 Å². The van der Waals surface area contributed by atoms with Crippen molar-refractivity contribution in [3.05, 3.63) is 46.5 Å². The molecule has 0 atom stereocenters. The number of allylic oxidation sites excluding steroid dienone is 3. The molecule has 0 saturated carbocycles. The standard InChI is InChI=1S/C15H16/c1-11-5-4-8-15-13(11)10-9-12-6-2-3-7-14(12)15/h2,5-6,9-10H,3-4,7-8H2,1H3. The van der Waals surface area contributed by atoms with Gasteiger partial charge in [-0.15, -0.1) is 0 Å². The molecule has 0 bridgehead atoms.